The Hall–Kier alpha value is -0.230. The highest BCUT2D eigenvalue weighted by Crippen LogP contribution is 2.25. The molecule has 0 radical (unpaired) electrons. The first kappa shape index (κ1) is 17.1. The molecule has 2 nitrogen and oxygen atoms in total. The molecule has 0 fully saturated rings. The van der Waals surface area contributed by atoms with Crippen molar-refractivity contribution in [3.05, 3.63) is 62.5 Å². The van der Waals surface area contributed by atoms with Gasteiger partial charge in [-0.15, -0.1) is 11.8 Å². The molecule has 2 aromatic rings. The Labute approximate surface area is 147 Å². The highest BCUT2D eigenvalue weighted by molar-refractivity contribution is 9.10. The van der Waals surface area contributed by atoms with Gasteiger partial charge in [0.1, 0.15) is 0 Å². The van der Waals surface area contributed by atoms with Crippen LogP contribution in [0.4, 0.5) is 0 Å². The van der Waals surface area contributed by atoms with E-state index in [-0.39, 0.29) is 6.04 Å². The molecule has 0 saturated heterocycles. The lowest BCUT2D eigenvalue weighted by atomic mass is 10.1. The molecule has 6 heteroatoms. The number of halogens is 3. The van der Waals surface area contributed by atoms with Gasteiger partial charge in [0.25, 0.3) is 0 Å². The van der Waals surface area contributed by atoms with Gasteiger partial charge in [-0.1, -0.05) is 51.3 Å². The lowest BCUT2D eigenvalue weighted by Gasteiger charge is -2.16. The zero-order valence-corrected chi connectivity index (χ0v) is 15.1. The van der Waals surface area contributed by atoms with Gasteiger partial charge in [0, 0.05) is 21.2 Å². The van der Waals surface area contributed by atoms with Crippen LogP contribution in [-0.4, -0.2) is 11.8 Å². The lowest BCUT2D eigenvalue weighted by Crippen LogP contribution is -2.38. The third-order valence-electron chi connectivity index (χ3n) is 2.95. The fraction of sp³-hybridized carbons (Fsp3) is 0.200. The van der Waals surface area contributed by atoms with Crippen LogP contribution in [0.1, 0.15) is 5.56 Å². The van der Waals surface area contributed by atoms with E-state index in [4.69, 9.17) is 29.0 Å². The van der Waals surface area contributed by atoms with Crippen molar-refractivity contribution in [2.24, 2.45) is 5.84 Å². The second kappa shape index (κ2) is 8.42. The van der Waals surface area contributed by atoms with Crippen LogP contribution in [0.2, 0.25) is 10.0 Å². The van der Waals surface area contributed by atoms with Crippen LogP contribution < -0.4 is 11.3 Å². The molecule has 21 heavy (non-hydrogen) atoms. The summed E-state index contributed by atoms with van der Waals surface area (Å²) < 4.78 is 1.08. The largest absolute Gasteiger partial charge is 0.271 e. The number of hydrogen-bond donors (Lipinski definition) is 2. The van der Waals surface area contributed by atoms with E-state index >= 15 is 0 Å². The summed E-state index contributed by atoms with van der Waals surface area (Å²) in [6, 6.07) is 14.1. The van der Waals surface area contributed by atoms with E-state index in [9.17, 15) is 0 Å². The van der Waals surface area contributed by atoms with E-state index < -0.39 is 0 Å². The summed E-state index contributed by atoms with van der Waals surface area (Å²) in [4.78, 5) is 1.21. The normalized spacial score (nSPS) is 12.4. The Balaban J connectivity index is 1.95. The maximum atomic E-state index is 6.04. The average Bonchev–Trinajstić information content (AvgIpc) is 2.47. The molecule has 0 spiro atoms. The third-order valence-corrected chi connectivity index (χ3v) is 5.34. The third kappa shape index (κ3) is 5.47. The standard InChI is InChI=1S/C15H15BrCl2N2S/c16-11-2-1-3-13(8-11)21-9-12(20-19)6-10-4-5-14(17)15(18)7-10/h1-5,7-8,12,20H,6,9,19H2. The Morgan fingerprint density at radius 1 is 1.14 bits per heavy atom. The van der Waals surface area contributed by atoms with Crippen LogP contribution in [0, 0.1) is 0 Å². The smallest absolute Gasteiger partial charge is 0.0595 e. The number of benzene rings is 2. The van der Waals surface area contributed by atoms with Gasteiger partial charge in [-0.25, -0.2) is 0 Å². The first-order chi connectivity index (χ1) is 10.1. The molecule has 0 aliphatic heterocycles. The van der Waals surface area contributed by atoms with Crippen LogP contribution >= 0.6 is 50.9 Å². The highest BCUT2D eigenvalue weighted by atomic mass is 79.9. The Morgan fingerprint density at radius 2 is 1.95 bits per heavy atom. The minimum atomic E-state index is 0.159. The lowest BCUT2D eigenvalue weighted by molar-refractivity contribution is 0.575. The molecule has 0 saturated carbocycles. The van der Waals surface area contributed by atoms with Crippen molar-refractivity contribution in [1.82, 2.24) is 5.43 Å². The van der Waals surface area contributed by atoms with Gasteiger partial charge in [0.2, 0.25) is 0 Å². The highest BCUT2D eigenvalue weighted by Gasteiger charge is 2.10. The molecule has 0 aliphatic carbocycles. The van der Waals surface area contributed by atoms with Crippen molar-refractivity contribution in [3.63, 3.8) is 0 Å². The maximum Gasteiger partial charge on any atom is 0.0595 e. The van der Waals surface area contributed by atoms with Crippen molar-refractivity contribution < 1.29 is 0 Å². The molecule has 0 aliphatic rings. The number of nitrogens with two attached hydrogens (primary N) is 1. The topological polar surface area (TPSA) is 38.0 Å². The Bertz CT molecular complexity index is 610. The van der Waals surface area contributed by atoms with E-state index in [2.05, 4.69) is 33.5 Å². The summed E-state index contributed by atoms with van der Waals surface area (Å²) in [7, 11) is 0. The average molecular weight is 406 g/mol. The first-order valence-corrected chi connectivity index (χ1v) is 8.90. The van der Waals surface area contributed by atoms with Crippen molar-refractivity contribution in [2.75, 3.05) is 5.75 Å². The molecule has 3 N–H and O–H groups in total. The van der Waals surface area contributed by atoms with Crippen LogP contribution in [-0.2, 0) is 6.42 Å². The first-order valence-electron chi connectivity index (χ1n) is 6.37. The van der Waals surface area contributed by atoms with Gasteiger partial charge in [0.15, 0.2) is 0 Å². The SMILES string of the molecule is NNC(CSc1cccc(Br)c1)Cc1ccc(Cl)c(Cl)c1. The van der Waals surface area contributed by atoms with Crippen molar-refractivity contribution in [3.8, 4) is 0 Å². The summed E-state index contributed by atoms with van der Waals surface area (Å²) in [6.45, 7) is 0. The molecule has 112 valence electrons. The number of hydrazine groups is 1. The minimum Gasteiger partial charge on any atom is -0.271 e. The molecule has 2 rings (SSSR count). The second-order valence-corrected chi connectivity index (χ2v) is 7.41. The second-order valence-electron chi connectivity index (χ2n) is 4.58. The zero-order valence-electron chi connectivity index (χ0n) is 11.2. The zero-order chi connectivity index (χ0) is 15.2. The van der Waals surface area contributed by atoms with Gasteiger partial charge in [-0.05, 0) is 42.3 Å². The molecule has 1 atom stereocenters. The van der Waals surface area contributed by atoms with Crippen molar-refractivity contribution in [2.45, 2.75) is 17.4 Å². The Morgan fingerprint density at radius 3 is 2.62 bits per heavy atom. The van der Waals surface area contributed by atoms with E-state index in [0.717, 1.165) is 22.2 Å². The maximum absolute atomic E-state index is 6.04. The minimum absolute atomic E-state index is 0.159. The molecular weight excluding hydrogens is 391 g/mol. The van der Waals surface area contributed by atoms with E-state index in [1.54, 1.807) is 11.8 Å². The molecule has 0 amide bonds. The van der Waals surface area contributed by atoms with Crippen molar-refractivity contribution >= 4 is 50.9 Å². The predicted octanol–water partition coefficient (Wildman–Crippen LogP) is 4.92. The summed E-state index contributed by atoms with van der Waals surface area (Å²) in [5.41, 5.74) is 3.97. The number of rotatable bonds is 6. The van der Waals surface area contributed by atoms with E-state index in [0.29, 0.717) is 10.0 Å². The summed E-state index contributed by atoms with van der Waals surface area (Å²) in [5, 5.41) is 1.14. The van der Waals surface area contributed by atoms with Crippen LogP contribution in [0.25, 0.3) is 0 Å². The molecular formula is C15H15BrCl2N2S. The fourth-order valence-corrected chi connectivity index (χ4v) is 3.73. The van der Waals surface area contributed by atoms with Crippen molar-refractivity contribution in [1.29, 1.82) is 0 Å². The van der Waals surface area contributed by atoms with Crippen LogP contribution in [0.5, 0.6) is 0 Å². The molecule has 0 aromatic heterocycles. The quantitative estimate of drug-likeness (QED) is 0.406. The molecule has 0 bridgehead atoms. The van der Waals surface area contributed by atoms with Gasteiger partial charge < -0.3 is 0 Å². The molecule has 1 unspecified atom stereocenters. The van der Waals surface area contributed by atoms with Gasteiger partial charge in [-0.2, -0.15) is 0 Å². The predicted molar refractivity (Wildman–Crippen MR) is 96.1 cm³/mol. The fourth-order valence-electron chi connectivity index (χ4n) is 1.87. The molecule has 0 heterocycles. The summed E-state index contributed by atoms with van der Waals surface area (Å²) in [6.07, 6.45) is 0.800. The number of hydrogen-bond acceptors (Lipinski definition) is 3. The van der Waals surface area contributed by atoms with E-state index in [1.165, 1.54) is 4.90 Å². The van der Waals surface area contributed by atoms with Crippen LogP contribution in [0.15, 0.2) is 51.8 Å². The van der Waals surface area contributed by atoms with Crippen LogP contribution in [0.3, 0.4) is 0 Å². The van der Waals surface area contributed by atoms with E-state index in [1.807, 2.05) is 30.3 Å². The summed E-state index contributed by atoms with van der Waals surface area (Å²) >= 11 is 17.2. The van der Waals surface area contributed by atoms with Gasteiger partial charge in [-0.3, -0.25) is 11.3 Å². The molecule has 2 aromatic carbocycles. The Kier molecular flexibility index (Phi) is 6.86. The number of thioether (sulfide) groups is 1. The summed E-state index contributed by atoms with van der Waals surface area (Å²) in [5.74, 6) is 6.52. The van der Waals surface area contributed by atoms with Gasteiger partial charge in [0.05, 0.1) is 10.0 Å². The number of nitrogens with one attached hydrogen (secondary N) is 1. The van der Waals surface area contributed by atoms with Gasteiger partial charge >= 0.3 is 0 Å². The monoisotopic (exact) mass is 404 g/mol.